The Morgan fingerprint density at radius 3 is 2.58 bits per heavy atom. The van der Waals surface area contributed by atoms with Crippen LogP contribution in [-0.2, 0) is 0 Å². The molecule has 0 saturated carbocycles. The van der Waals surface area contributed by atoms with Crippen LogP contribution in [-0.4, -0.2) is 60.0 Å². The Bertz CT molecular complexity index is 630. The molecule has 1 heterocycles. The highest BCUT2D eigenvalue weighted by Gasteiger charge is 2.22. The van der Waals surface area contributed by atoms with Crippen molar-refractivity contribution in [1.29, 1.82) is 5.26 Å². The summed E-state index contributed by atoms with van der Waals surface area (Å²) in [7, 11) is 2.14. The molecule has 0 bridgehead atoms. The van der Waals surface area contributed by atoms with Crippen molar-refractivity contribution in [3.05, 3.63) is 33.9 Å². The van der Waals surface area contributed by atoms with Crippen molar-refractivity contribution in [2.45, 2.75) is 25.8 Å². The second kappa shape index (κ2) is 7.60. The summed E-state index contributed by atoms with van der Waals surface area (Å²) in [5, 5.41) is 23.5. The molecule has 1 N–H and O–H groups in total. The summed E-state index contributed by atoms with van der Waals surface area (Å²) in [4.78, 5) is 15.1. The number of nitro benzene ring substituents is 1. The van der Waals surface area contributed by atoms with Gasteiger partial charge in [0, 0.05) is 50.4 Å². The Kier molecular flexibility index (Phi) is 5.75. The van der Waals surface area contributed by atoms with E-state index >= 15 is 0 Å². The third kappa shape index (κ3) is 4.91. The van der Waals surface area contributed by atoms with Crippen molar-refractivity contribution in [3.8, 4) is 6.07 Å². The molecular weight excluding hydrogens is 306 g/mol. The lowest BCUT2D eigenvalue weighted by Crippen LogP contribution is -2.46. The fourth-order valence-electron chi connectivity index (χ4n) is 2.78. The molecule has 2 rings (SSSR count). The molecule has 0 aliphatic carbocycles. The lowest BCUT2D eigenvalue weighted by Gasteiger charge is -2.35. The fraction of sp³-hybridized carbons (Fsp3) is 0.588. The molecule has 1 aromatic rings. The van der Waals surface area contributed by atoms with Crippen molar-refractivity contribution in [2.75, 3.05) is 45.1 Å². The van der Waals surface area contributed by atoms with Crippen LogP contribution in [0.3, 0.4) is 0 Å². The van der Waals surface area contributed by atoms with Crippen LogP contribution >= 0.6 is 0 Å². The van der Waals surface area contributed by atoms with Gasteiger partial charge in [0.05, 0.1) is 16.2 Å². The molecule has 1 saturated heterocycles. The van der Waals surface area contributed by atoms with Gasteiger partial charge in [-0.2, -0.15) is 5.26 Å². The molecule has 0 spiro atoms. The van der Waals surface area contributed by atoms with Gasteiger partial charge in [-0.05, 0) is 33.4 Å². The summed E-state index contributed by atoms with van der Waals surface area (Å²) in [6.45, 7) is 9.50. The van der Waals surface area contributed by atoms with Crippen LogP contribution in [0.15, 0.2) is 18.2 Å². The third-order valence-corrected chi connectivity index (χ3v) is 4.46. The Morgan fingerprint density at radius 1 is 1.33 bits per heavy atom. The predicted molar refractivity (Wildman–Crippen MR) is 94.1 cm³/mol. The van der Waals surface area contributed by atoms with Crippen molar-refractivity contribution in [3.63, 3.8) is 0 Å². The van der Waals surface area contributed by atoms with E-state index in [2.05, 4.69) is 36.0 Å². The number of piperazine rings is 1. The average molecular weight is 331 g/mol. The normalized spacial score (nSPS) is 16.6. The summed E-state index contributed by atoms with van der Waals surface area (Å²) in [6.07, 6.45) is 0.929. The number of nitriles is 1. The quantitative estimate of drug-likeness (QED) is 0.636. The van der Waals surface area contributed by atoms with Crippen molar-refractivity contribution in [2.24, 2.45) is 0 Å². The van der Waals surface area contributed by atoms with E-state index in [-0.39, 0.29) is 11.2 Å². The molecule has 24 heavy (non-hydrogen) atoms. The van der Waals surface area contributed by atoms with Crippen LogP contribution in [0.1, 0.15) is 25.8 Å². The Morgan fingerprint density at radius 2 is 2.00 bits per heavy atom. The highest BCUT2D eigenvalue weighted by Crippen LogP contribution is 2.25. The largest absolute Gasteiger partial charge is 0.379 e. The lowest BCUT2D eigenvalue weighted by atomic mass is 9.98. The van der Waals surface area contributed by atoms with E-state index in [1.165, 1.54) is 12.1 Å². The SMILES string of the molecule is CN1CCN(CCC(C)(C)Nc2ccc([N+](=O)[O-])cc2C#N)CC1. The molecular formula is C17H25N5O2. The van der Waals surface area contributed by atoms with Gasteiger partial charge in [-0.1, -0.05) is 0 Å². The van der Waals surface area contributed by atoms with Gasteiger partial charge in [-0.25, -0.2) is 0 Å². The number of anilines is 1. The fourth-order valence-corrected chi connectivity index (χ4v) is 2.78. The zero-order chi connectivity index (χ0) is 17.7. The number of nitro groups is 1. The first-order valence-corrected chi connectivity index (χ1v) is 8.18. The maximum absolute atomic E-state index is 10.8. The maximum Gasteiger partial charge on any atom is 0.270 e. The number of rotatable bonds is 6. The van der Waals surface area contributed by atoms with Crippen LogP contribution < -0.4 is 5.32 Å². The van der Waals surface area contributed by atoms with Gasteiger partial charge < -0.3 is 15.1 Å². The molecule has 0 atom stereocenters. The summed E-state index contributed by atoms with van der Waals surface area (Å²) in [5.74, 6) is 0. The Balaban J connectivity index is 1.98. The standard InChI is InChI=1S/C17H25N5O2/c1-17(2,6-7-21-10-8-20(3)9-11-21)19-16-5-4-15(22(23)24)12-14(16)13-18/h4-5,12,19H,6-11H2,1-3H3. The molecule has 0 amide bonds. The molecule has 1 fully saturated rings. The molecule has 130 valence electrons. The topological polar surface area (TPSA) is 85.4 Å². The van der Waals surface area contributed by atoms with Crippen LogP contribution in [0, 0.1) is 21.4 Å². The first-order valence-electron chi connectivity index (χ1n) is 8.18. The summed E-state index contributed by atoms with van der Waals surface area (Å²) >= 11 is 0. The van der Waals surface area contributed by atoms with Crippen LogP contribution in [0.5, 0.6) is 0 Å². The van der Waals surface area contributed by atoms with E-state index in [0.717, 1.165) is 39.1 Å². The molecule has 1 aliphatic heterocycles. The van der Waals surface area contributed by atoms with E-state index < -0.39 is 4.92 Å². The number of benzene rings is 1. The Hall–Kier alpha value is -2.17. The van der Waals surface area contributed by atoms with Gasteiger partial charge in [0.15, 0.2) is 0 Å². The second-order valence-electron chi connectivity index (χ2n) is 7.00. The van der Waals surface area contributed by atoms with E-state index in [9.17, 15) is 15.4 Å². The summed E-state index contributed by atoms with van der Waals surface area (Å²) < 4.78 is 0. The molecule has 0 radical (unpaired) electrons. The van der Waals surface area contributed by atoms with E-state index in [0.29, 0.717) is 11.3 Å². The molecule has 0 unspecified atom stereocenters. The highest BCUT2D eigenvalue weighted by atomic mass is 16.6. The van der Waals surface area contributed by atoms with Crippen molar-refractivity contribution >= 4 is 11.4 Å². The molecule has 0 aromatic heterocycles. The monoisotopic (exact) mass is 331 g/mol. The third-order valence-electron chi connectivity index (χ3n) is 4.46. The number of likely N-dealkylation sites (N-methyl/N-ethyl adjacent to an activating group) is 1. The van der Waals surface area contributed by atoms with Crippen LogP contribution in [0.2, 0.25) is 0 Å². The van der Waals surface area contributed by atoms with Gasteiger partial charge in [-0.3, -0.25) is 10.1 Å². The van der Waals surface area contributed by atoms with E-state index in [1.807, 2.05) is 6.07 Å². The second-order valence-corrected chi connectivity index (χ2v) is 7.00. The van der Waals surface area contributed by atoms with Gasteiger partial charge in [0.25, 0.3) is 5.69 Å². The maximum atomic E-state index is 10.8. The summed E-state index contributed by atoms with van der Waals surface area (Å²) in [6, 6.07) is 6.41. The van der Waals surface area contributed by atoms with Crippen LogP contribution in [0.25, 0.3) is 0 Å². The highest BCUT2D eigenvalue weighted by molar-refractivity contribution is 5.62. The number of non-ortho nitro benzene ring substituents is 1. The number of nitrogens with one attached hydrogen (secondary N) is 1. The lowest BCUT2D eigenvalue weighted by molar-refractivity contribution is -0.384. The zero-order valence-corrected chi connectivity index (χ0v) is 14.6. The molecule has 1 aliphatic rings. The Labute approximate surface area is 143 Å². The van der Waals surface area contributed by atoms with E-state index in [1.54, 1.807) is 6.07 Å². The van der Waals surface area contributed by atoms with Gasteiger partial charge >= 0.3 is 0 Å². The minimum absolute atomic E-state index is 0.0626. The van der Waals surface area contributed by atoms with Crippen molar-refractivity contribution < 1.29 is 4.92 Å². The van der Waals surface area contributed by atoms with Gasteiger partial charge in [0.1, 0.15) is 6.07 Å². The summed E-state index contributed by atoms with van der Waals surface area (Å²) in [5.41, 5.74) is 0.682. The smallest absolute Gasteiger partial charge is 0.270 e. The number of hydrogen-bond donors (Lipinski definition) is 1. The minimum atomic E-state index is -0.483. The van der Waals surface area contributed by atoms with Crippen LogP contribution in [0.4, 0.5) is 11.4 Å². The zero-order valence-electron chi connectivity index (χ0n) is 14.6. The average Bonchev–Trinajstić information content (AvgIpc) is 2.54. The first kappa shape index (κ1) is 18.2. The van der Waals surface area contributed by atoms with Crippen molar-refractivity contribution in [1.82, 2.24) is 9.80 Å². The molecule has 7 heteroatoms. The van der Waals surface area contributed by atoms with E-state index in [4.69, 9.17) is 0 Å². The van der Waals surface area contributed by atoms with Gasteiger partial charge in [-0.15, -0.1) is 0 Å². The number of hydrogen-bond acceptors (Lipinski definition) is 6. The minimum Gasteiger partial charge on any atom is -0.379 e. The first-order chi connectivity index (χ1) is 11.3. The predicted octanol–water partition coefficient (Wildman–Crippen LogP) is 2.29. The number of nitrogens with zero attached hydrogens (tertiary/aromatic N) is 4. The molecule has 7 nitrogen and oxygen atoms in total. The molecule has 1 aromatic carbocycles. The van der Waals surface area contributed by atoms with Gasteiger partial charge in [0.2, 0.25) is 0 Å².